The van der Waals surface area contributed by atoms with Crippen molar-refractivity contribution in [3.05, 3.63) is 89.2 Å². The van der Waals surface area contributed by atoms with Crippen LogP contribution in [0, 0.1) is 18.6 Å². The number of carbonyl (C=O) groups is 1. The summed E-state index contributed by atoms with van der Waals surface area (Å²) in [5.74, 6) is -2.41. The van der Waals surface area contributed by atoms with Gasteiger partial charge >= 0.3 is 0 Å². The molecule has 0 saturated heterocycles. The van der Waals surface area contributed by atoms with Crippen LogP contribution in [0.2, 0.25) is 0 Å². The fourth-order valence-electron chi connectivity index (χ4n) is 2.52. The summed E-state index contributed by atoms with van der Waals surface area (Å²) in [5, 5.41) is 2.63. The number of hydrogen-bond acceptors (Lipinski definition) is 3. The molecule has 0 spiro atoms. The summed E-state index contributed by atoms with van der Waals surface area (Å²) in [6.07, 6.45) is 3.21. The quantitative estimate of drug-likeness (QED) is 0.661. The van der Waals surface area contributed by atoms with Crippen LogP contribution in [0.5, 0.6) is 0 Å². The molecule has 0 bridgehead atoms. The third-order valence-corrected chi connectivity index (χ3v) is 5.03. The Balaban J connectivity index is 1.74. The molecule has 0 radical (unpaired) electrons. The van der Waals surface area contributed by atoms with Crippen molar-refractivity contribution in [3.63, 3.8) is 0 Å². The van der Waals surface area contributed by atoms with Crippen LogP contribution in [-0.4, -0.2) is 15.1 Å². The van der Waals surface area contributed by atoms with Crippen LogP contribution in [0.15, 0.2) is 65.8 Å². The van der Waals surface area contributed by atoms with E-state index in [-0.39, 0.29) is 12.1 Å². The van der Waals surface area contributed by atoms with E-state index in [1.807, 2.05) is 6.92 Å². The number of aromatic nitrogens is 1. The minimum Gasteiger partial charge on any atom is -0.348 e. The molecular weight excluding hydrogens is 384 g/mol. The van der Waals surface area contributed by atoms with E-state index in [1.165, 1.54) is 12.3 Å². The van der Waals surface area contributed by atoms with E-state index in [1.54, 1.807) is 36.5 Å². The van der Waals surface area contributed by atoms with Crippen LogP contribution in [-0.2, 0) is 17.5 Å². The second-order valence-electron chi connectivity index (χ2n) is 6.05. The molecule has 0 fully saturated rings. The highest BCUT2D eigenvalue weighted by atomic mass is 32.2. The van der Waals surface area contributed by atoms with Crippen molar-refractivity contribution in [2.24, 2.45) is 0 Å². The van der Waals surface area contributed by atoms with Gasteiger partial charge in [0.1, 0.15) is 0 Å². The number of anilines is 1. The number of amides is 1. The van der Waals surface area contributed by atoms with Gasteiger partial charge in [-0.05, 0) is 48.4 Å². The third-order valence-electron chi connectivity index (χ3n) is 3.85. The monoisotopic (exact) mass is 401 g/mol. The van der Waals surface area contributed by atoms with Crippen molar-refractivity contribution in [2.75, 3.05) is 4.72 Å². The average molecular weight is 401 g/mol. The lowest BCUT2D eigenvalue weighted by atomic mass is 10.2. The van der Waals surface area contributed by atoms with Crippen LogP contribution in [0.25, 0.3) is 0 Å². The molecular formula is C20H17F2N3O2S. The molecule has 0 aliphatic heterocycles. The zero-order valence-electron chi connectivity index (χ0n) is 14.9. The number of nitrogens with zero attached hydrogens (tertiary/aromatic N) is 1. The molecule has 2 aromatic carbocycles. The van der Waals surface area contributed by atoms with Crippen molar-refractivity contribution in [2.45, 2.75) is 18.4 Å². The molecule has 28 heavy (non-hydrogen) atoms. The van der Waals surface area contributed by atoms with Gasteiger partial charge in [0.2, 0.25) is 0 Å². The van der Waals surface area contributed by atoms with Gasteiger partial charge < -0.3 is 5.32 Å². The Morgan fingerprint density at radius 3 is 2.61 bits per heavy atom. The molecule has 1 atom stereocenters. The second kappa shape index (κ2) is 8.71. The molecule has 1 unspecified atom stereocenters. The Morgan fingerprint density at radius 1 is 1.07 bits per heavy atom. The summed E-state index contributed by atoms with van der Waals surface area (Å²) in [4.78, 5) is 16.9. The zero-order chi connectivity index (χ0) is 20.1. The van der Waals surface area contributed by atoms with Gasteiger partial charge in [0.15, 0.2) is 22.6 Å². The molecule has 2 N–H and O–H groups in total. The Labute approximate surface area is 163 Å². The first kappa shape index (κ1) is 19.6. The molecule has 1 aromatic heterocycles. The van der Waals surface area contributed by atoms with Crippen LogP contribution in [0.1, 0.15) is 21.5 Å². The minimum absolute atomic E-state index is 0.00618. The number of nitrogens with one attached hydrogen (secondary N) is 2. The smallest absolute Gasteiger partial charge is 0.252 e. The molecule has 0 aliphatic carbocycles. The number of benzene rings is 2. The zero-order valence-corrected chi connectivity index (χ0v) is 15.7. The maximum Gasteiger partial charge on any atom is 0.252 e. The Kier molecular flexibility index (Phi) is 6.10. The molecule has 144 valence electrons. The van der Waals surface area contributed by atoms with E-state index in [2.05, 4.69) is 15.0 Å². The fraction of sp³-hybridized carbons (Fsp3) is 0.100. The molecule has 3 rings (SSSR count). The van der Waals surface area contributed by atoms with Gasteiger partial charge in [-0.15, -0.1) is 0 Å². The first-order chi connectivity index (χ1) is 13.4. The lowest BCUT2D eigenvalue weighted by Gasteiger charge is -2.11. The van der Waals surface area contributed by atoms with E-state index in [9.17, 15) is 17.8 Å². The highest BCUT2D eigenvalue weighted by molar-refractivity contribution is 7.86. The van der Waals surface area contributed by atoms with Crippen molar-refractivity contribution >= 4 is 22.6 Å². The van der Waals surface area contributed by atoms with E-state index in [0.29, 0.717) is 16.1 Å². The van der Waals surface area contributed by atoms with E-state index in [4.69, 9.17) is 0 Å². The normalized spacial score (nSPS) is 11.7. The first-order valence-corrected chi connectivity index (χ1v) is 9.50. The topological polar surface area (TPSA) is 71.1 Å². The van der Waals surface area contributed by atoms with E-state index in [0.717, 1.165) is 17.7 Å². The first-order valence-electron chi connectivity index (χ1n) is 8.35. The predicted molar refractivity (Wildman–Crippen MR) is 103 cm³/mol. The van der Waals surface area contributed by atoms with Crippen molar-refractivity contribution in [1.82, 2.24) is 10.3 Å². The van der Waals surface area contributed by atoms with Gasteiger partial charge in [-0.25, -0.2) is 13.0 Å². The van der Waals surface area contributed by atoms with Gasteiger partial charge in [0, 0.05) is 12.7 Å². The standard InChI is InChI=1S/C20H17F2N3O2S/c1-13-8-15(12-23-10-13)25-28(27)19-5-3-2-4-16(19)20(26)24-11-14-6-7-17(21)18(22)9-14/h2-10,12,25H,11H2,1H3,(H,24,26). The van der Waals surface area contributed by atoms with Gasteiger partial charge in [-0.1, -0.05) is 18.2 Å². The van der Waals surface area contributed by atoms with Gasteiger partial charge in [0.05, 0.1) is 22.3 Å². The van der Waals surface area contributed by atoms with Crippen LogP contribution >= 0.6 is 0 Å². The molecule has 1 heterocycles. The minimum atomic E-state index is -1.69. The number of carbonyl (C=O) groups excluding carboxylic acids is 1. The summed E-state index contributed by atoms with van der Waals surface area (Å²) >= 11 is 0. The van der Waals surface area contributed by atoms with Crippen LogP contribution in [0.3, 0.4) is 0 Å². The molecule has 1 amide bonds. The summed E-state index contributed by atoms with van der Waals surface area (Å²) in [7, 11) is -1.69. The third kappa shape index (κ3) is 4.77. The summed E-state index contributed by atoms with van der Waals surface area (Å²) in [6, 6.07) is 11.6. The Hall–Kier alpha value is -3.13. The SMILES string of the molecule is Cc1cncc(NS(=O)c2ccccc2C(=O)NCc2ccc(F)c(F)c2)c1. The van der Waals surface area contributed by atoms with Crippen molar-refractivity contribution in [1.29, 1.82) is 0 Å². The summed E-state index contributed by atoms with van der Waals surface area (Å²) in [6.45, 7) is 1.87. The van der Waals surface area contributed by atoms with E-state index >= 15 is 0 Å². The predicted octanol–water partition coefficient (Wildman–Crippen LogP) is 3.73. The maximum atomic E-state index is 13.3. The number of pyridine rings is 1. The molecule has 0 aliphatic rings. The summed E-state index contributed by atoms with van der Waals surface area (Å²) < 4.78 is 41.8. The van der Waals surface area contributed by atoms with Gasteiger partial charge in [0.25, 0.3) is 5.91 Å². The van der Waals surface area contributed by atoms with E-state index < -0.39 is 28.5 Å². The second-order valence-corrected chi connectivity index (χ2v) is 7.23. The molecule has 8 heteroatoms. The lowest BCUT2D eigenvalue weighted by molar-refractivity contribution is 0.0947. The van der Waals surface area contributed by atoms with Crippen LogP contribution in [0.4, 0.5) is 14.5 Å². The number of rotatable bonds is 6. The lowest BCUT2D eigenvalue weighted by Crippen LogP contribution is -2.25. The highest BCUT2D eigenvalue weighted by Crippen LogP contribution is 2.17. The Bertz CT molecular complexity index is 1040. The maximum absolute atomic E-state index is 13.3. The number of halogens is 2. The van der Waals surface area contributed by atoms with Crippen molar-refractivity contribution < 1.29 is 17.8 Å². The van der Waals surface area contributed by atoms with Crippen LogP contribution < -0.4 is 10.0 Å². The average Bonchev–Trinajstić information content (AvgIpc) is 2.68. The molecule has 0 saturated carbocycles. The molecule has 3 aromatic rings. The number of aryl methyl sites for hydroxylation is 1. The molecule has 5 nitrogen and oxygen atoms in total. The highest BCUT2D eigenvalue weighted by Gasteiger charge is 2.16. The van der Waals surface area contributed by atoms with Crippen molar-refractivity contribution in [3.8, 4) is 0 Å². The Morgan fingerprint density at radius 2 is 1.86 bits per heavy atom. The largest absolute Gasteiger partial charge is 0.348 e. The fourth-order valence-corrected chi connectivity index (χ4v) is 3.51. The van der Waals surface area contributed by atoms with Gasteiger partial charge in [-0.2, -0.15) is 0 Å². The number of hydrogen-bond donors (Lipinski definition) is 2. The summed E-state index contributed by atoms with van der Waals surface area (Å²) in [5.41, 5.74) is 2.10. The van der Waals surface area contributed by atoms with Gasteiger partial charge in [-0.3, -0.25) is 14.5 Å².